The van der Waals surface area contributed by atoms with E-state index in [2.05, 4.69) is 21.5 Å². The molecule has 0 saturated carbocycles. The summed E-state index contributed by atoms with van der Waals surface area (Å²) in [4.78, 5) is 12.5. The van der Waals surface area contributed by atoms with E-state index in [0.717, 1.165) is 12.8 Å². The summed E-state index contributed by atoms with van der Waals surface area (Å²) < 4.78 is 27.3. The largest absolute Gasteiger partial charge is 0.458 e. The van der Waals surface area contributed by atoms with Gasteiger partial charge in [-0.1, -0.05) is 43.0 Å². The van der Waals surface area contributed by atoms with Gasteiger partial charge in [0, 0.05) is 6.54 Å². The number of hydrogen-bond acceptors (Lipinski definition) is 7. The molecule has 9 heteroatoms. The Hall–Kier alpha value is -3.64. The normalized spacial score (nSPS) is 11.4. The maximum absolute atomic E-state index is 13.7. The molecule has 4 aromatic rings. The van der Waals surface area contributed by atoms with Crippen molar-refractivity contribution < 1.29 is 13.6 Å². The molecule has 0 unspecified atom stereocenters. The molecule has 0 atom stereocenters. The van der Waals surface area contributed by atoms with Gasteiger partial charge in [-0.3, -0.25) is 0 Å². The van der Waals surface area contributed by atoms with Crippen molar-refractivity contribution in [3.8, 4) is 11.5 Å². The van der Waals surface area contributed by atoms with Crippen molar-refractivity contribution in [1.29, 1.82) is 0 Å². The Morgan fingerprint density at radius 2 is 1.56 bits per heavy atom. The molecule has 0 amide bonds. The van der Waals surface area contributed by atoms with Gasteiger partial charge in [-0.2, -0.15) is 0 Å². The van der Waals surface area contributed by atoms with E-state index < -0.39 is 7.60 Å². The number of hydrogen-bond donors (Lipinski definition) is 1. The first-order valence-corrected chi connectivity index (χ1v) is 11.8. The monoisotopic (exact) mass is 449 g/mol. The number of benzene rings is 2. The molecule has 0 aliphatic heterocycles. The Morgan fingerprint density at radius 3 is 2.19 bits per heavy atom. The van der Waals surface area contributed by atoms with Crippen LogP contribution in [0.25, 0.3) is 11.2 Å². The fourth-order valence-electron chi connectivity index (χ4n) is 3.20. The van der Waals surface area contributed by atoms with Crippen LogP contribution in [-0.4, -0.2) is 19.5 Å². The van der Waals surface area contributed by atoms with Gasteiger partial charge in [0.2, 0.25) is 0 Å². The molecular formula is C23H24N5O3P. The van der Waals surface area contributed by atoms with Gasteiger partial charge < -0.3 is 19.3 Å². The number of allylic oxidation sites excluding steroid dienone is 1. The molecule has 0 bridgehead atoms. The Bertz CT molecular complexity index is 1200. The third-order valence-electron chi connectivity index (χ3n) is 4.87. The maximum Gasteiger partial charge on any atom is 0.458 e. The van der Waals surface area contributed by atoms with Gasteiger partial charge in [0.15, 0.2) is 11.5 Å². The van der Waals surface area contributed by atoms with Crippen LogP contribution in [0, 0.1) is 0 Å². The lowest BCUT2D eigenvalue weighted by molar-refractivity contribution is 0.392. The fourth-order valence-corrected chi connectivity index (χ4v) is 4.72. The summed E-state index contributed by atoms with van der Waals surface area (Å²) in [5.41, 5.74) is 7.13. The van der Waals surface area contributed by atoms with Crippen LogP contribution in [0.5, 0.6) is 11.5 Å². The van der Waals surface area contributed by atoms with Crippen molar-refractivity contribution >= 4 is 24.6 Å². The van der Waals surface area contributed by atoms with E-state index in [1.807, 2.05) is 41.0 Å². The second-order valence-electron chi connectivity index (χ2n) is 7.20. The smallest absolute Gasteiger partial charge is 0.413 e. The summed E-state index contributed by atoms with van der Waals surface area (Å²) in [7, 11) is -3.65. The number of aryl methyl sites for hydroxylation is 1. The number of fused-ring (bicyclic) bond motifs is 1. The zero-order valence-corrected chi connectivity index (χ0v) is 18.4. The van der Waals surface area contributed by atoms with Crippen molar-refractivity contribution in [2.75, 3.05) is 5.73 Å². The van der Waals surface area contributed by atoms with Gasteiger partial charge in [-0.15, -0.1) is 0 Å². The molecule has 0 saturated heterocycles. The summed E-state index contributed by atoms with van der Waals surface area (Å²) in [6.07, 6.45) is 5.15. The Labute approximate surface area is 186 Å². The van der Waals surface area contributed by atoms with E-state index in [4.69, 9.17) is 14.8 Å². The molecule has 2 heterocycles. The predicted molar refractivity (Wildman–Crippen MR) is 124 cm³/mol. The molecule has 0 aliphatic rings. The zero-order chi connectivity index (χ0) is 22.4. The molecule has 4 rings (SSSR count). The van der Waals surface area contributed by atoms with E-state index in [9.17, 15) is 4.57 Å². The number of imidazole rings is 1. The molecule has 0 fully saturated rings. The summed E-state index contributed by atoms with van der Waals surface area (Å²) in [6.45, 7) is 4.73. The van der Waals surface area contributed by atoms with Crippen LogP contribution in [0.1, 0.15) is 19.3 Å². The first-order valence-electron chi connectivity index (χ1n) is 10.2. The minimum Gasteiger partial charge on any atom is -0.413 e. The molecule has 164 valence electrons. The predicted octanol–water partition coefficient (Wildman–Crippen LogP) is 5.44. The second kappa shape index (κ2) is 9.66. The third-order valence-corrected chi connectivity index (χ3v) is 6.77. The van der Waals surface area contributed by atoms with E-state index in [-0.39, 0.29) is 0 Å². The van der Waals surface area contributed by atoms with Crippen LogP contribution in [0.2, 0.25) is 0 Å². The minimum absolute atomic E-state index is 0.360. The number of aromatic nitrogens is 4. The molecular weight excluding hydrogens is 425 g/mol. The van der Waals surface area contributed by atoms with Crippen LogP contribution < -0.4 is 14.8 Å². The van der Waals surface area contributed by atoms with Crippen molar-refractivity contribution in [2.24, 2.45) is 0 Å². The summed E-state index contributed by atoms with van der Waals surface area (Å²) in [5.74, 6) is 1.30. The fraction of sp³-hybridized carbons (Fsp3) is 0.174. The average molecular weight is 449 g/mol. The summed E-state index contributed by atoms with van der Waals surface area (Å²) in [5, 5.41) is 0.423. The highest BCUT2D eigenvalue weighted by Crippen LogP contribution is 2.56. The first-order chi connectivity index (χ1) is 15.5. The zero-order valence-electron chi connectivity index (χ0n) is 17.5. The van der Waals surface area contributed by atoms with Crippen LogP contribution in [0.15, 0.2) is 85.2 Å². The van der Waals surface area contributed by atoms with Gasteiger partial charge in [0.1, 0.15) is 23.3 Å². The second-order valence-corrected chi connectivity index (χ2v) is 9.19. The maximum atomic E-state index is 13.7. The van der Waals surface area contributed by atoms with Crippen LogP contribution >= 0.6 is 7.60 Å². The third kappa shape index (κ3) is 4.98. The summed E-state index contributed by atoms with van der Waals surface area (Å²) in [6, 6.07) is 18.0. The van der Waals surface area contributed by atoms with Gasteiger partial charge in [-0.05, 0) is 43.5 Å². The van der Waals surface area contributed by atoms with Crippen molar-refractivity contribution in [2.45, 2.75) is 25.8 Å². The lowest BCUT2D eigenvalue weighted by Crippen LogP contribution is -2.04. The van der Waals surface area contributed by atoms with E-state index >= 15 is 0 Å². The molecule has 0 aliphatic carbocycles. The minimum atomic E-state index is -3.65. The lowest BCUT2D eigenvalue weighted by Gasteiger charge is -2.22. The van der Waals surface area contributed by atoms with Crippen molar-refractivity contribution in [3.05, 3.63) is 85.2 Å². The molecule has 8 nitrogen and oxygen atoms in total. The highest BCUT2D eigenvalue weighted by molar-refractivity contribution is 7.59. The number of rotatable bonds is 10. The summed E-state index contributed by atoms with van der Waals surface area (Å²) >= 11 is 0. The molecule has 2 aromatic carbocycles. The standard InChI is InChI=1S/C23H24N5O3P/c1-18(10-8-9-15-28-17-27-21-22(24)25-16-26-23(21)28)32(29,30-19-11-4-2-5-12-19)31-20-13-6-3-7-14-20/h2-7,11-14,16-17H,1,8-10,15H2,(H2,24,25,26). The molecule has 32 heavy (non-hydrogen) atoms. The van der Waals surface area contributed by atoms with E-state index in [0.29, 0.717) is 46.8 Å². The van der Waals surface area contributed by atoms with Gasteiger partial charge >= 0.3 is 7.60 Å². The Balaban J connectivity index is 1.41. The number of para-hydroxylation sites is 2. The SMILES string of the molecule is C=C(CCCCn1cnc2c(N)ncnc21)P(=O)(Oc1ccccc1)Oc1ccccc1. The van der Waals surface area contributed by atoms with Crippen molar-refractivity contribution in [1.82, 2.24) is 19.5 Å². The first kappa shape index (κ1) is 21.6. The molecule has 0 radical (unpaired) electrons. The Morgan fingerprint density at radius 1 is 0.938 bits per heavy atom. The molecule has 2 aromatic heterocycles. The van der Waals surface area contributed by atoms with Crippen LogP contribution in [0.3, 0.4) is 0 Å². The number of anilines is 1. The van der Waals surface area contributed by atoms with E-state index in [1.54, 1.807) is 30.6 Å². The number of unbranched alkanes of at least 4 members (excludes halogenated alkanes) is 1. The number of nitrogens with two attached hydrogens (primary N) is 1. The quantitative estimate of drug-likeness (QED) is 0.254. The Kier molecular flexibility index (Phi) is 6.52. The lowest BCUT2D eigenvalue weighted by atomic mass is 10.2. The number of nitrogen functional groups attached to an aromatic ring is 1. The van der Waals surface area contributed by atoms with Crippen LogP contribution in [0.4, 0.5) is 5.82 Å². The average Bonchev–Trinajstić information content (AvgIpc) is 3.22. The van der Waals surface area contributed by atoms with Gasteiger partial charge in [-0.25, -0.2) is 19.5 Å². The van der Waals surface area contributed by atoms with Gasteiger partial charge in [0.05, 0.1) is 11.6 Å². The topological polar surface area (TPSA) is 105 Å². The highest BCUT2D eigenvalue weighted by atomic mass is 31.2. The van der Waals surface area contributed by atoms with Crippen LogP contribution in [-0.2, 0) is 11.1 Å². The molecule has 0 spiro atoms. The number of nitrogens with zero attached hydrogens (tertiary/aromatic N) is 4. The highest BCUT2D eigenvalue weighted by Gasteiger charge is 2.32. The molecule has 2 N–H and O–H groups in total. The van der Waals surface area contributed by atoms with E-state index in [1.165, 1.54) is 6.33 Å². The van der Waals surface area contributed by atoms with Gasteiger partial charge in [0.25, 0.3) is 0 Å². The van der Waals surface area contributed by atoms with Crippen molar-refractivity contribution in [3.63, 3.8) is 0 Å².